The van der Waals surface area contributed by atoms with Crippen molar-refractivity contribution >= 4 is 11.7 Å². The normalized spacial score (nSPS) is 11.7. The van der Waals surface area contributed by atoms with E-state index in [-0.39, 0.29) is 12.1 Å². The van der Waals surface area contributed by atoms with E-state index >= 15 is 0 Å². The minimum atomic E-state index is -0.265. The third-order valence-electron chi connectivity index (χ3n) is 3.44. The Labute approximate surface area is 134 Å². The van der Waals surface area contributed by atoms with E-state index in [0.29, 0.717) is 5.69 Å². The van der Waals surface area contributed by atoms with Crippen LogP contribution in [0.3, 0.4) is 0 Å². The van der Waals surface area contributed by atoms with Gasteiger partial charge in [-0.25, -0.2) is 9.78 Å². The number of anilines is 1. The lowest BCUT2D eigenvalue weighted by Gasteiger charge is -2.16. The molecular weight excluding hydrogens is 290 g/mol. The number of nitrogens with zero attached hydrogens (tertiary/aromatic N) is 3. The fraction of sp³-hybridized carbons (Fsp3) is 0.118. The predicted octanol–water partition coefficient (Wildman–Crippen LogP) is 3.15. The van der Waals surface area contributed by atoms with Crippen LogP contribution in [-0.4, -0.2) is 20.6 Å². The maximum absolute atomic E-state index is 12.0. The number of hydrogen-bond acceptors (Lipinski definition) is 3. The molecule has 0 aliphatic carbocycles. The van der Waals surface area contributed by atoms with Crippen LogP contribution in [0.25, 0.3) is 5.69 Å². The van der Waals surface area contributed by atoms with Crippen LogP contribution < -0.4 is 10.6 Å². The van der Waals surface area contributed by atoms with Gasteiger partial charge in [0, 0.05) is 24.3 Å². The molecule has 23 heavy (non-hydrogen) atoms. The SMILES string of the molecule is CC(NC(=O)Nc1cccnc1)c1cccc(-n2ccnc2)c1. The second kappa shape index (κ2) is 6.74. The van der Waals surface area contributed by atoms with E-state index in [9.17, 15) is 4.79 Å². The van der Waals surface area contributed by atoms with Crippen molar-refractivity contribution in [3.8, 4) is 5.69 Å². The Balaban J connectivity index is 1.67. The molecule has 6 heteroatoms. The zero-order chi connectivity index (χ0) is 16.1. The first-order valence-corrected chi connectivity index (χ1v) is 7.28. The number of benzene rings is 1. The molecule has 2 amide bonds. The highest BCUT2D eigenvalue weighted by atomic mass is 16.2. The van der Waals surface area contributed by atoms with Crippen LogP contribution in [0.15, 0.2) is 67.5 Å². The highest BCUT2D eigenvalue weighted by Crippen LogP contribution is 2.17. The summed E-state index contributed by atoms with van der Waals surface area (Å²) in [6, 6.07) is 11.1. The summed E-state index contributed by atoms with van der Waals surface area (Å²) >= 11 is 0. The Bertz CT molecular complexity index is 771. The number of amides is 2. The molecule has 3 aromatic rings. The Kier molecular flexibility index (Phi) is 4.33. The van der Waals surface area contributed by atoms with Crippen molar-refractivity contribution in [2.75, 3.05) is 5.32 Å². The van der Waals surface area contributed by atoms with Crippen LogP contribution in [0, 0.1) is 0 Å². The molecule has 0 aliphatic rings. The van der Waals surface area contributed by atoms with E-state index in [4.69, 9.17) is 0 Å². The van der Waals surface area contributed by atoms with Gasteiger partial charge >= 0.3 is 6.03 Å². The summed E-state index contributed by atoms with van der Waals surface area (Å²) in [7, 11) is 0. The topological polar surface area (TPSA) is 71.8 Å². The monoisotopic (exact) mass is 307 g/mol. The number of rotatable bonds is 4. The molecule has 6 nitrogen and oxygen atoms in total. The Morgan fingerprint density at radius 3 is 2.83 bits per heavy atom. The molecule has 1 unspecified atom stereocenters. The molecule has 1 aromatic carbocycles. The Morgan fingerprint density at radius 1 is 1.17 bits per heavy atom. The van der Waals surface area contributed by atoms with E-state index in [1.807, 2.05) is 42.0 Å². The second-order valence-corrected chi connectivity index (χ2v) is 5.13. The van der Waals surface area contributed by atoms with Gasteiger partial charge in [-0.05, 0) is 36.8 Å². The molecule has 0 radical (unpaired) electrons. The maximum atomic E-state index is 12.0. The fourth-order valence-electron chi connectivity index (χ4n) is 2.25. The molecule has 0 spiro atoms. The number of hydrogen-bond donors (Lipinski definition) is 2. The summed E-state index contributed by atoms with van der Waals surface area (Å²) in [5.74, 6) is 0. The molecular formula is C17H17N5O. The number of carbonyl (C=O) groups excluding carboxylic acids is 1. The lowest BCUT2D eigenvalue weighted by molar-refractivity contribution is 0.249. The third kappa shape index (κ3) is 3.74. The van der Waals surface area contributed by atoms with Crippen LogP contribution in [0.5, 0.6) is 0 Å². The Hall–Kier alpha value is -3.15. The van der Waals surface area contributed by atoms with Crippen LogP contribution in [-0.2, 0) is 0 Å². The molecule has 0 aliphatic heterocycles. The largest absolute Gasteiger partial charge is 0.331 e. The molecule has 2 heterocycles. The fourth-order valence-corrected chi connectivity index (χ4v) is 2.25. The van der Waals surface area contributed by atoms with Crippen LogP contribution in [0.2, 0.25) is 0 Å². The van der Waals surface area contributed by atoms with Crippen LogP contribution in [0.4, 0.5) is 10.5 Å². The minimum Gasteiger partial charge on any atom is -0.331 e. The molecule has 0 saturated heterocycles. The van der Waals surface area contributed by atoms with Gasteiger partial charge in [0.15, 0.2) is 0 Å². The van der Waals surface area contributed by atoms with Gasteiger partial charge in [-0.15, -0.1) is 0 Å². The Morgan fingerprint density at radius 2 is 2.09 bits per heavy atom. The van der Waals surface area contributed by atoms with Crippen molar-refractivity contribution in [2.24, 2.45) is 0 Å². The average molecular weight is 307 g/mol. The number of aromatic nitrogens is 3. The zero-order valence-electron chi connectivity index (χ0n) is 12.7. The van der Waals surface area contributed by atoms with Crippen molar-refractivity contribution < 1.29 is 4.79 Å². The number of urea groups is 1. The molecule has 2 N–H and O–H groups in total. The van der Waals surface area contributed by atoms with Gasteiger partial charge in [-0.1, -0.05) is 12.1 Å². The summed E-state index contributed by atoms with van der Waals surface area (Å²) in [4.78, 5) is 20.1. The molecule has 2 aromatic heterocycles. The van der Waals surface area contributed by atoms with Gasteiger partial charge in [0.05, 0.1) is 24.3 Å². The number of imidazole rings is 1. The highest BCUT2D eigenvalue weighted by Gasteiger charge is 2.10. The number of nitrogens with one attached hydrogen (secondary N) is 2. The van der Waals surface area contributed by atoms with Gasteiger partial charge in [-0.2, -0.15) is 0 Å². The summed E-state index contributed by atoms with van der Waals surface area (Å²) in [5.41, 5.74) is 2.67. The molecule has 1 atom stereocenters. The smallest absolute Gasteiger partial charge is 0.319 e. The third-order valence-corrected chi connectivity index (χ3v) is 3.44. The van der Waals surface area contributed by atoms with E-state index in [1.54, 1.807) is 37.1 Å². The van der Waals surface area contributed by atoms with E-state index < -0.39 is 0 Å². The lowest BCUT2D eigenvalue weighted by atomic mass is 10.1. The first kappa shape index (κ1) is 14.8. The lowest BCUT2D eigenvalue weighted by Crippen LogP contribution is -2.31. The summed E-state index contributed by atoms with van der Waals surface area (Å²) < 4.78 is 1.92. The van der Waals surface area contributed by atoms with Gasteiger partial charge in [-0.3, -0.25) is 4.98 Å². The van der Waals surface area contributed by atoms with Crippen molar-refractivity contribution in [2.45, 2.75) is 13.0 Å². The average Bonchev–Trinajstić information content (AvgIpc) is 3.10. The van der Waals surface area contributed by atoms with Crippen molar-refractivity contribution in [3.05, 3.63) is 73.1 Å². The first-order valence-electron chi connectivity index (χ1n) is 7.28. The van der Waals surface area contributed by atoms with E-state index in [2.05, 4.69) is 20.6 Å². The molecule has 0 fully saturated rings. The van der Waals surface area contributed by atoms with Gasteiger partial charge < -0.3 is 15.2 Å². The van der Waals surface area contributed by atoms with Crippen molar-refractivity contribution in [1.29, 1.82) is 0 Å². The summed E-state index contributed by atoms with van der Waals surface area (Å²) in [5, 5.41) is 5.67. The van der Waals surface area contributed by atoms with E-state index in [1.165, 1.54) is 0 Å². The van der Waals surface area contributed by atoms with Crippen molar-refractivity contribution in [1.82, 2.24) is 19.9 Å². The standard InChI is InChI=1S/C17H17N5O/c1-13(20-17(23)21-15-5-3-7-18-11-15)14-4-2-6-16(10-14)22-9-8-19-12-22/h2-13H,1H3,(H2,20,21,23). The predicted molar refractivity (Wildman–Crippen MR) is 88.4 cm³/mol. The van der Waals surface area contributed by atoms with Crippen LogP contribution in [0.1, 0.15) is 18.5 Å². The van der Waals surface area contributed by atoms with Gasteiger partial charge in [0.2, 0.25) is 0 Å². The molecule has 3 rings (SSSR count). The first-order chi connectivity index (χ1) is 11.2. The molecule has 0 bridgehead atoms. The van der Waals surface area contributed by atoms with Gasteiger partial charge in [0.1, 0.15) is 0 Å². The maximum Gasteiger partial charge on any atom is 0.319 e. The van der Waals surface area contributed by atoms with Gasteiger partial charge in [0.25, 0.3) is 0 Å². The number of pyridine rings is 1. The number of carbonyl (C=O) groups is 1. The van der Waals surface area contributed by atoms with Crippen molar-refractivity contribution in [3.63, 3.8) is 0 Å². The summed E-state index contributed by atoms with van der Waals surface area (Å²) in [6.07, 6.45) is 8.62. The quantitative estimate of drug-likeness (QED) is 0.777. The zero-order valence-corrected chi connectivity index (χ0v) is 12.7. The minimum absolute atomic E-state index is 0.129. The molecule has 0 saturated carbocycles. The second-order valence-electron chi connectivity index (χ2n) is 5.13. The van der Waals surface area contributed by atoms with E-state index in [0.717, 1.165) is 11.3 Å². The molecule has 116 valence electrons. The summed E-state index contributed by atoms with van der Waals surface area (Å²) in [6.45, 7) is 1.94. The van der Waals surface area contributed by atoms with Crippen LogP contribution >= 0.6 is 0 Å². The highest BCUT2D eigenvalue weighted by molar-refractivity contribution is 5.89.